The number of aryl methyl sites for hydroxylation is 1. The molecule has 0 fully saturated rings. The van der Waals surface area contributed by atoms with Crippen LogP contribution in [-0.4, -0.2) is 37.9 Å². The van der Waals surface area contributed by atoms with Crippen LogP contribution in [0.1, 0.15) is 25.8 Å². The minimum Gasteiger partial charge on any atom is -0.353 e. The van der Waals surface area contributed by atoms with E-state index in [1.54, 1.807) is 13.8 Å². The number of sulfone groups is 1. The highest BCUT2D eigenvalue weighted by molar-refractivity contribution is 7.92. The molecule has 1 rings (SSSR count). The molecule has 1 aromatic rings. The van der Waals surface area contributed by atoms with Crippen LogP contribution < -0.4 is 11.1 Å². The largest absolute Gasteiger partial charge is 0.353 e. The van der Waals surface area contributed by atoms with Crippen molar-refractivity contribution in [3.8, 4) is 0 Å². The molecule has 1 atom stereocenters. The monoisotopic (exact) mass is 312 g/mol. The molecule has 21 heavy (non-hydrogen) atoms. The maximum Gasteiger partial charge on any atom is 0.236 e. The predicted molar refractivity (Wildman–Crippen MR) is 84.7 cm³/mol. The summed E-state index contributed by atoms with van der Waals surface area (Å²) in [6.45, 7) is 3.22. The SMILES string of the molecule is CC(C)(CNC(=O)C(N)CCc1ccccc1)S(C)(=O)=O. The molecule has 0 aromatic heterocycles. The van der Waals surface area contributed by atoms with Gasteiger partial charge in [0.1, 0.15) is 0 Å². The zero-order chi connectivity index (χ0) is 16.1. The molecule has 3 N–H and O–H groups in total. The van der Waals surface area contributed by atoms with E-state index in [0.29, 0.717) is 12.8 Å². The van der Waals surface area contributed by atoms with Crippen molar-refractivity contribution in [3.05, 3.63) is 35.9 Å². The van der Waals surface area contributed by atoms with Gasteiger partial charge in [-0.25, -0.2) is 8.42 Å². The van der Waals surface area contributed by atoms with Gasteiger partial charge in [0.2, 0.25) is 5.91 Å². The number of nitrogens with two attached hydrogens (primary N) is 1. The third-order valence-electron chi connectivity index (χ3n) is 3.62. The number of amides is 1. The first-order valence-electron chi connectivity index (χ1n) is 6.90. The van der Waals surface area contributed by atoms with Crippen LogP contribution >= 0.6 is 0 Å². The number of benzene rings is 1. The Bertz CT molecular complexity index is 568. The van der Waals surface area contributed by atoms with Crippen molar-refractivity contribution >= 4 is 15.7 Å². The Labute approximate surface area is 126 Å². The Hall–Kier alpha value is -1.40. The Balaban J connectivity index is 2.45. The molecule has 1 aromatic carbocycles. The molecule has 118 valence electrons. The van der Waals surface area contributed by atoms with Gasteiger partial charge < -0.3 is 11.1 Å². The van der Waals surface area contributed by atoms with E-state index in [9.17, 15) is 13.2 Å². The van der Waals surface area contributed by atoms with Crippen molar-refractivity contribution in [1.29, 1.82) is 0 Å². The Morgan fingerprint density at radius 3 is 2.38 bits per heavy atom. The van der Waals surface area contributed by atoms with Crippen LogP contribution in [0.25, 0.3) is 0 Å². The second-order valence-corrected chi connectivity index (χ2v) is 8.53. The summed E-state index contributed by atoms with van der Waals surface area (Å²) in [7, 11) is -3.23. The smallest absolute Gasteiger partial charge is 0.236 e. The van der Waals surface area contributed by atoms with E-state index in [1.807, 2.05) is 30.3 Å². The predicted octanol–water partition coefficient (Wildman–Crippen LogP) is 0.886. The number of nitrogens with one attached hydrogen (secondary N) is 1. The van der Waals surface area contributed by atoms with Gasteiger partial charge in [-0.3, -0.25) is 4.79 Å². The maximum atomic E-state index is 11.9. The van der Waals surface area contributed by atoms with Crippen LogP contribution in [-0.2, 0) is 21.1 Å². The molecule has 0 saturated carbocycles. The van der Waals surface area contributed by atoms with E-state index >= 15 is 0 Å². The molecular weight excluding hydrogens is 288 g/mol. The van der Waals surface area contributed by atoms with E-state index in [0.717, 1.165) is 11.8 Å². The summed E-state index contributed by atoms with van der Waals surface area (Å²) >= 11 is 0. The summed E-state index contributed by atoms with van der Waals surface area (Å²) in [5.41, 5.74) is 6.96. The van der Waals surface area contributed by atoms with Gasteiger partial charge in [-0.1, -0.05) is 30.3 Å². The highest BCUT2D eigenvalue weighted by atomic mass is 32.2. The fraction of sp³-hybridized carbons (Fsp3) is 0.533. The maximum absolute atomic E-state index is 11.9. The zero-order valence-electron chi connectivity index (χ0n) is 12.8. The molecule has 1 unspecified atom stereocenters. The molecule has 0 saturated heterocycles. The summed E-state index contributed by atoms with van der Waals surface area (Å²) in [6, 6.07) is 9.14. The minimum absolute atomic E-state index is 0.0592. The summed E-state index contributed by atoms with van der Waals surface area (Å²) in [5, 5.41) is 2.62. The number of hydrogen-bond acceptors (Lipinski definition) is 4. The molecule has 0 bridgehead atoms. The summed E-state index contributed by atoms with van der Waals surface area (Å²) in [5.74, 6) is -0.317. The molecular formula is C15H24N2O3S. The van der Waals surface area contributed by atoms with Crippen LogP contribution in [0.3, 0.4) is 0 Å². The number of hydrogen-bond donors (Lipinski definition) is 2. The number of carbonyl (C=O) groups is 1. The van der Waals surface area contributed by atoms with E-state index in [-0.39, 0.29) is 12.5 Å². The molecule has 5 nitrogen and oxygen atoms in total. The van der Waals surface area contributed by atoms with Gasteiger partial charge in [-0.05, 0) is 32.3 Å². The lowest BCUT2D eigenvalue weighted by Gasteiger charge is -2.23. The highest BCUT2D eigenvalue weighted by Gasteiger charge is 2.31. The number of carbonyl (C=O) groups excluding carboxylic acids is 1. The van der Waals surface area contributed by atoms with E-state index in [1.165, 1.54) is 0 Å². The van der Waals surface area contributed by atoms with Crippen LogP contribution in [0.15, 0.2) is 30.3 Å². The van der Waals surface area contributed by atoms with Gasteiger partial charge >= 0.3 is 0 Å². The first-order valence-corrected chi connectivity index (χ1v) is 8.79. The second-order valence-electron chi connectivity index (χ2n) is 5.88. The molecule has 0 spiro atoms. The second kappa shape index (κ2) is 7.04. The Kier molecular flexibility index (Phi) is 5.92. The number of rotatable bonds is 7. The topological polar surface area (TPSA) is 89.3 Å². The first kappa shape index (κ1) is 17.7. The van der Waals surface area contributed by atoms with Crippen LogP contribution in [0.4, 0.5) is 0 Å². The van der Waals surface area contributed by atoms with E-state index in [2.05, 4.69) is 5.32 Å². The Morgan fingerprint density at radius 1 is 1.29 bits per heavy atom. The van der Waals surface area contributed by atoms with Crippen molar-refractivity contribution in [2.45, 2.75) is 37.5 Å². The van der Waals surface area contributed by atoms with Gasteiger partial charge in [0.25, 0.3) is 0 Å². The van der Waals surface area contributed by atoms with Crippen LogP contribution in [0.5, 0.6) is 0 Å². The lowest BCUT2D eigenvalue weighted by atomic mass is 10.1. The third-order valence-corrected chi connectivity index (χ3v) is 5.77. The lowest BCUT2D eigenvalue weighted by Crippen LogP contribution is -2.48. The van der Waals surface area contributed by atoms with Gasteiger partial charge in [-0.2, -0.15) is 0 Å². The summed E-state index contributed by atoms with van der Waals surface area (Å²) < 4.78 is 22.1. The summed E-state index contributed by atoms with van der Waals surface area (Å²) in [4.78, 5) is 11.9. The molecule has 0 aliphatic carbocycles. The molecule has 1 amide bonds. The van der Waals surface area contributed by atoms with Crippen LogP contribution in [0.2, 0.25) is 0 Å². The lowest BCUT2D eigenvalue weighted by molar-refractivity contribution is -0.122. The van der Waals surface area contributed by atoms with Crippen LogP contribution in [0, 0.1) is 0 Å². The molecule has 0 radical (unpaired) electrons. The van der Waals surface area contributed by atoms with Gasteiger partial charge in [0.05, 0.1) is 10.8 Å². The van der Waals surface area contributed by atoms with Crippen molar-refractivity contribution in [2.75, 3.05) is 12.8 Å². The quantitative estimate of drug-likeness (QED) is 0.782. The van der Waals surface area contributed by atoms with E-state index < -0.39 is 20.6 Å². The fourth-order valence-electron chi connectivity index (χ4n) is 1.66. The highest BCUT2D eigenvalue weighted by Crippen LogP contribution is 2.13. The van der Waals surface area contributed by atoms with Crippen molar-refractivity contribution in [2.24, 2.45) is 5.73 Å². The van der Waals surface area contributed by atoms with Crippen molar-refractivity contribution in [1.82, 2.24) is 5.32 Å². The minimum atomic E-state index is -3.23. The normalized spacial score (nSPS) is 13.7. The Morgan fingerprint density at radius 2 is 1.86 bits per heavy atom. The van der Waals surface area contributed by atoms with Crippen molar-refractivity contribution in [3.63, 3.8) is 0 Å². The molecule has 0 aliphatic rings. The first-order chi connectivity index (χ1) is 9.63. The standard InChI is InChI=1S/C15H24N2O3S/c1-15(2,21(3,19)20)11-17-14(18)13(16)10-9-12-7-5-4-6-8-12/h4-8,13H,9-11,16H2,1-3H3,(H,17,18). The zero-order valence-corrected chi connectivity index (χ0v) is 13.6. The molecule has 6 heteroatoms. The average molecular weight is 312 g/mol. The fourth-order valence-corrected chi connectivity index (χ4v) is 1.99. The summed E-state index contributed by atoms with van der Waals surface area (Å²) in [6.07, 6.45) is 2.40. The average Bonchev–Trinajstić information content (AvgIpc) is 2.42. The third kappa shape index (κ3) is 5.47. The van der Waals surface area contributed by atoms with Gasteiger partial charge in [-0.15, -0.1) is 0 Å². The van der Waals surface area contributed by atoms with Crippen molar-refractivity contribution < 1.29 is 13.2 Å². The molecule has 0 heterocycles. The van der Waals surface area contributed by atoms with E-state index in [4.69, 9.17) is 5.73 Å². The van der Waals surface area contributed by atoms with Gasteiger partial charge in [0, 0.05) is 12.8 Å². The van der Waals surface area contributed by atoms with Gasteiger partial charge in [0.15, 0.2) is 9.84 Å². The molecule has 0 aliphatic heterocycles.